The van der Waals surface area contributed by atoms with Crippen molar-refractivity contribution < 1.29 is 18.7 Å². The highest BCUT2D eigenvalue weighted by molar-refractivity contribution is 5.96. The van der Waals surface area contributed by atoms with Crippen molar-refractivity contribution in [3.05, 3.63) is 70.1 Å². The van der Waals surface area contributed by atoms with E-state index in [2.05, 4.69) is 10.5 Å². The van der Waals surface area contributed by atoms with Crippen LogP contribution in [0.3, 0.4) is 0 Å². The van der Waals surface area contributed by atoms with E-state index in [9.17, 15) is 9.59 Å². The number of fused-ring (bicyclic) bond motifs is 1. The van der Waals surface area contributed by atoms with Crippen molar-refractivity contribution in [1.29, 1.82) is 0 Å². The second-order valence-electron chi connectivity index (χ2n) is 5.32. The van der Waals surface area contributed by atoms with Crippen molar-refractivity contribution in [1.82, 2.24) is 5.43 Å². The monoisotopic (exact) mass is 352 g/mol. The average molecular weight is 352 g/mol. The van der Waals surface area contributed by atoms with E-state index >= 15 is 0 Å². The molecular weight excluding hydrogens is 336 g/mol. The van der Waals surface area contributed by atoms with Crippen LogP contribution in [0.4, 0.5) is 0 Å². The van der Waals surface area contributed by atoms with Crippen LogP contribution >= 0.6 is 0 Å². The number of carbonyl (C=O) groups excluding carboxylic acids is 1. The van der Waals surface area contributed by atoms with Crippen LogP contribution in [0.1, 0.15) is 15.9 Å². The molecule has 1 amide bonds. The third-order valence-corrected chi connectivity index (χ3v) is 3.69. The van der Waals surface area contributed by atoms with Crippen LogP contribution in [0.15, 0.2) is 63.0 Å². The Kier molecular flexibility index (Phi) is 4.98. The number of carbonyl (C=O) groups is 1. The van der Waals surface area contributed by atoms with Gasteiger partial charge in [-0.15, -0.1) is 0 Å². The lowest BCUT2D eigenvalue weighted by atomic mass is 10.2. The van der Waals surface area contributed by atoms with E-state index < -0.39 is 5.91 Å². The van der Waals surface area contributed by atoms with Gasteiger partial charge < -0.3 is 13.9 Å². The molecule has 7 nitrogen and oxygen atoms in total. The summed E-state index contributed by atoms with van der Waals surface area (Å²) in [5.41, 5.74) is 3.16. The van der Waals surface area contributed by atoms with Crippen molar-refractivity contribution in [3.63, 3.8) is 0 Å². The lowest BCUT2D eigenvalue weighted by Crippen LogP contribution is -2.18. The van der Waals surface area contributed by atoms with Gasteiger partial charge in [-0.1, -0.05) is 12.1 Å². The molecule has 0 aliphatic heterocycles. The fourth-order valence-corrected chi connectivity index (χ4v) is 2.35. The molecule has 0 bridgehead atoms. The number of ether oxygens (including phenoxy) is 2. The molecule has 132 valence electrons. The second kappa shape index (κ2) is 7.52. The summed E-state index contributed by atoms with van der Waals surface area (Å²) >= 11 is 0. The molecule has 0 saturated heterocycles. The van der Waals surface area contributed by atoms with Gasteiger partial charge >= 0.3 is 0 Å². The maximum atomic E-state index is 12.3. The van der Waals surface area contributed by atoms with E-state index in [0.29, 0.717) is 28.0 Å². The number of amides is 1. The average Bonchev–Trinajstić information content (AvgIpc) is 2.69. The lowest BCUT2D eigenvalue weighted by Gasteiger charge is -2.07. The highest BCUT2D eigenvalue weighted by Gasteiger charge is 2.09. The van der Waals surface area contributed by atoms with Crippen LogP contribution in [0.25, 0.3) is 11.0 Å². The van der Waals surface area contributed by atoms with E-state index in [-0.39, 0.29) is 11.0 Å². The first-order valence-electron chi connectivity index (χ1n) is 7.69. The van der Waals surface area contributed by atoms with Crippen molar-refractivity contribution in [2.24, 2.45) is 5.10 Å². The van der Waals surface area contributed by atoms with E-state index in [4.69, 9.17) is 13.9 Å². The Morgan fingerprint density at radius 1 is 1.12 bits per heavy atom. The number of hydrogen-bond donors (Lipinski definition) is 1. The summed E-state index contributed by atoms with van der Waals surface area (Å²) < 4.78 is 15.6. The van der Waals surface area contributed by atoms with Crippen LogP contribution in [0.2, 0.25) is 0 Å². The molecule has 3 aromatic rings. The zero-order valence-corrected chi connectivity index (χ0v) is 14.2. The van der Waals surface area contributed by atoms with Gasteiger partial charge in [-0.3, -0.25) is 9.59 Å². The van der Waals surface area contributed by atoms with Gasteiger partial charge in [0.2, 0.25) is 5.43 Å². The van der Waals surface area contributed by atoms with Gasteiger partial charge in [-0.25, -0.2) is 5.43 Å². The van der Waals surface area contributed by atoms with E-state index in [1.807, 2.05) is 0 Å². The fraction of sp³-hybridized carbons (Fsp3) is 0.105. The molecule has 0 fully saturated rings. The first-order valence-corrected chi connectivity index (χ1v) is 7.69. The van der Waals surface area contributed by atoms with Crippen LogP contribution in [0.5, 0.6) is 11.5 Å². The van der Waals surface area contributed by atoms with Crippen LogP contribution in [-0.2, 0) is 0 Å². The molecule has 26 heavy (non-hydrogen) atoms. The first kappa shape index (κ1) is 17.2. The Balaban J connectivity index is 1.80. The molecule has 1 N–H and O–H groups in total. The zero-order chi connectivity index (χ0) is 18.5. The quantitative estimate of drug-likeness (QED) is 0.563. The number of hydrogen-bond acceptors (Lipinski definition) is 6. The predicted octanol–water partition coefficient (Wildman–Crippen LogP) is 2.57. The van der Waals surface area contributed by atoms with Gasteiger partial charge in [-0.05, 0) is 24.3 Å². The number of rotatable bonds is 5. The predicted molar refractivity (Wildman–Crippen MR) is 97.1 cm³/mol. The summed E-state index contributed by atoms with van der Waals surface area (Å²) in [6.45, 7) is 0. The van der Waals surface area contributed by atoms with E-state index in [0.717, 1.165) is 0 Å². The molecule has 0 radical (unpaired) electrons. The van der Waals surface area contributed by atoms with E-state index in [1.165, 1.54) is 26.7 Å². The smallest absolute Gasteiger partial charge is 0.271 e. The summed E-state index contributed by atoms with van der Waals surface area (Å²) in [5.74, 6) is 0.492. The summed E-state index contributed by atoms with van der Waals surface area (Å²) in [6.07, 6.45) is 2.54. The van der Waals surface area contributed by atoms with Crippen molar-refractivity contribution in [2.45, 2.75) is 0 Å². The van der Waals surface area contributed by atoms with Gasteiger partial charge in [0.05, 0.1) is 31.4 Å². The molecule has 2 aromatic carbocycles. The minimum Gasteiger partial charge on any atom is -0.497 e. The van der Waals surface area contributed by atoms with Crippen molar-refractivity contribution >= 4 is 23.1 Å². The Bertz CT molecular complexity index is 1020. The van der Waals surface area contributed by atoms with Crippen molar-refractivity contribution in [3.8, 4) is 11.5 Å². The Labute approximate surface area is 148 Å². The number of hydrazone groups is 1. The molecule has 3 rings (SSSR count). The van der Waals surface area contributed by atoms with Gasteiger partial charge in [0.1, 0.15) is 23.3 Å². The number of nitrogens with zero attached hydrogens (tertiary/aromatic N) is 1. The molecule has 0 unspecified atom stereocenters. The number of methoxy groups -OCH3 is 2. The largest absolute Gasteiger partial charge is 0.497 e. The molecule has 1 heterocycles. The molecule has 1 aromatic heterocycles. The van der Waals surface area contributed by atoms with Gasteiger partial charge in [-0.2, -0.15) is 5.10 Å². The second-order valence-corrected chi connectivity index (χ2v) is 5.32. The SMILES string of the molecule is COc1cc(OC)cc(C(=O)N/N=C/c2coc3ccccc3c2=O)c1. The summed E-state index contributed by atoms with van der Waals surface area (Å²) in [7, 11) is 2.99. The molecule has 0 spiro atoms. The van der Waals surface area contributed by atoms with Crippen LogP contribution in [-0.4, -0.2) is 26.3 Å². The third-order valence-electron chi connectivity index (χ3n) is 3.69. The van der Waals surface area contributed by atoms with Gasteiger partial charge in [0, 0.05) is 11.6 Å². The Morgan fingerprint density at radius 3 is 2.50 bits per heavy atom. The normalized spacial score (nSPS) is 10.8. The standard InChI is InChI=1S/C19H16N2O5/c1-24-14-7-12(8-15(9-14)25-2)19(23)21-20-10-13-11-26-17-6-4-3-5-16(17)18(13)22/h3-11H,1-2H3,(H,21,23)/b20-10+. The third kappa shape index (κ3) is 3.56. The molecule has 0 aliphatic rings. The summed E-state index contributed by atoms with van der Waals surface area (Å²) in [4.78, 5) is 24.6. The number of para-hydroxylation sites is 1. The van der Waals surface area contributed by atoms with Crippen LogP contribution < -0.4 is 20.3 Å². The fourth-order valence-electron chi connectivity index (χ4n) is 2.35. The lowest BCUT2D eigenvalue weighted by molar-refractivity contribution is 0.0954. The highest BCUT2D eigenvalue weighted by Crippen LogP contribution is 2.22. The van der Waals surface area contributed by atoms with Gasteiger partial charge in [0.15, 0.2) is 0 Å². The zero-order valence-electron chi connectivity index (χ0n) is 14.2. The summed E-state index contributed by atoms with van der Waals surface area (Å²) in [5, 5.41) is 4.28. The maximum absolute atomic E-state index is 12.3. The maximum Gasteiger partial charge on any atom is 0.271 e. The van der Waals surface area contributed by atoms with E-state index in [1.54, 1.807) is 42.5 Å². The molecule has 0 saturated carbocycles. The van der Waals surface area contributed by atoms with Crippen molar-refractivity contribution in [2.75, 3.05) is 14.2 Å². The van der Waals surface area contributed by atoms with Crippen LogP contribution in [0, 0.1) is 0 Å². The highest BCUT2D eigenvalue weighted by atomic mass is 16.5. The summed E-state index contributed by atoms with van der Waals surface area (Å²) in [6, 6.07) is 11.7. The Hall–Kier alpha value is -3.61. The first-order chi connectivity index (χ1) is 12.6. The number of benzene rings is 2. The molecule has 7 heteroatoms. The molecule has 0 aliphatic carbocycles. The molecule has 0 atom stereocenters. The Morgan fingerprint density at radius 2 is 1.81 bits per heavy atom. The molecular formula is C19H16N2O5. The minimum absolute atomic E-state index is 0.229. The van der Waals surface area contributed by atoms with Gasteiger partial charge in [0.25, 0.3) is 5.91 Å². The minimum atomic E-state index is -0.469. The number of nitrogens with one attached hydrogen (secondary N) is 1. The topological polar surface area (TPSA) is 90.1 Å².